The maximum absolute atomic E-state index is 14.8. The molecule has 0 radical (unpaired) electrons. The number of hydrogen-bond acceptors (Lipinski definition) is 5. The lowest BCUT2D eigenvalue weighted by molar-refractivity contribution is -0.140. The number of aliphatic hydroxyl groups is 1. The second-order valence-corrected chi connectivity index (χ2v) is 8.00. The molecule has 1 aliphatic rings. The van der Waals surface area contributed by atoms with Gasteiger partial charge in [-0.3, -0.25) is 14.6 Å². The smallest absolute Gasteiger partial charge is 0.295 e. The molecule has 168 valence electrons. The molecule has 0 saturated carbocycles. The van der Waals surface area contributed by atoms with Crippen molar-refractivity contribution in [3.8, 4) is 5.75 Å². The van der Waals surface area contributed by atoms with Gasteiger partial charge in [-0.1, -0.05) is 24.3 Å². The average Bonchev–Trinajstić information content (AvgIpc) is 3.04. The van der Waals surface area contributed by atoms with E-state index >= 15 is 0 Å². The number of rotatable bonds is 6. The molecule has 1 fully saturated rings. The van der Waals surface area contributed by atoms with Gasteiger partial charge in [-0.25, -0.2) is 4.39 Å². The fourth-order valence-electron chi connectivity index (χ4n) is 3.87. The second-order valence-electron chi connectivity index (χ2n) is 8.00. The Balaban J connectivity index is 1.82. The third kappa shape index (κ3) is 4.48. The van der Waals surface area contributed by atoms with Crippen LogP contribution in [0, 0.1) is 5.82 Å². The molecular formula is C26H23FN2O4. The Labute approximate surface area is 191 Å². The Kier molecular flexibility index (Phi) is 6.22. The monoisotopic (exact) mass is 446 g/mol. The van der Waals surface area contributed by atoms with E-state index in [1.807, 2.05) is 13.8 Å². The molecule has 2 aromatic carbocycles. The molecule has 6 nitrogen and oxygen atoms in total. The number of benzene rings is 2. The van der Waals surface area contributed by atoms with Gasteiger partial charge in [0.05, 0.1) is 17.7 Å². The van der Waals surface area contributed by atoms with E-state index in [1.165, 1.54) is 23.1 Å². The van der Waals surface area contributed by atoms with Crippen molar-refractivity contribution in [2.24, 2.45) is 0 Å². The molecule has 7 heteroatoms. The molecule has 1 N–H and O–H groups in total. The van der Waals surface area contributed by atoms with Crippen LogP contribution in [0.15, 0.2) is 78.6 Å². The molecule has 2 heterocycles. The summed E-state index contributed by atoms with van der Waals surface area (Å²) in [6.45, 7) is 3.83. The van der Waals surface area contributed by atoms with Crippen molar-refractivity contribution in [1.82, 2.24) is 9.88 Å². The standard InChI is InChI=1S/C26H23FN2O4/c1-16(2)33-19-11-9-18(10-12-19)24(30)22-23(20-7-3-4-8-21(20)27)29(26(32)25(22)31)15-17-6-5-13-28-14-17/h3-14,16,23,30H,15H2,1-2H3/b24-22+. The largest absolute Gasteiger partial charge is 0.507 e. The van der Waals surface area contributed by atoms with Crippen LogP contribution in [0.3, 0.4) is 0 Å². The first kappa shape index (κ1) is 22.2. The molecule has 0 spiro atoms. The number of likely N-dealkylation sites (tertiary alicyclic amines) is 1. The number of hydrogen-bond donors (Lipinski definition) is 1. The molecule has 0 bridgehead atoms. The van der Waals surface area contributed by atoms with Gasteiger partial charge in [0.25, 0.3) is 11.7 Å². The molecule has 1 atom stereocenters. The number of pyridine rings is 1. The van der Waals surface area contributed by atoms with Gasteiger partial charge in [-0.2, -0.15) is 0 Å². The summed E-state index contributed by atoms with van der Waals surface area (Å²) < 4.78 is 20.5. The number of carbonyl (C=O) groups is 2. The highest BCUT2D eigenvalue weighted by atomic mass is 19.1. The van der Waals surface area contributed by atoms with Crippen LogP contribution in [0.5, 0.6) is 5.75 Å². The lowest BCUT2D eigenvalue weighted by Gasteiger charge is -2.25. The third-order valence-electron chi connectivity index (χ3n) is 5.32. The van der Waals surface area contributed by atoms with Crippen LogP contribution in [-0.2, 0) is 16.1 Å². The number of halogens is 1. The summed E-state index contributed by atoms with van der Waals surface area (Å²) in [5, 5.41) is 11.1. The van der Waals surface area contributed by atoms with Gasteiger partial charge < -0.3 is 14.7 Å². The Morgan fingerprint density at radius 2 is 1.82 bits per heavy atom. The lowest BCUT2D eigenvalue weighted by atomic mass is 9.94. The number of Topliss-reactive ketones (excluding diaryl/α,β-unsaturated/α-hetero) is 1. The molecular weight excluding hydrogens is 423 g/mol. The van der Waals surface area contributed by atoms with E-state index in [4.69, 9.17) is 4.74 Å². The molecule has 1 saturated heterocycles. The fourth-order valence-corrected chi connectivity index (χ4v) is 3.87. The van der Waals surface area contributed by atoms with Crippen LogP contribution in [0.4, 0.5) is 4.39 Å². The van der Waals surface area contributed by atoms with Crippen LogP contribution >= 0.6 is 0 Å². The molecule has 1 aromatic heterocycles. The highest BCUT2D eigenvalue weighted by molar-refractivity contribution is 6.46. The van der Waals surface area contributed by atoms with Gasteiger partial charge in [0.15, 0.2) is 0 Å². The van der Waals surface area contributed by atoms with Crippen LogP contribution < -0.4 is 4.74 Å². The van der Waals surface area contributed by atoms with E-state index in [0.29, 0.717) is 16.9 Å². The third-order valence-corrected chi connectivity index (χ3v) is 5.32. The molecule has 33 heavy (non-hydrogen) atoms. The quantitative estimate of drug-likeness (QED) is 0.339. The average molecular weight is 446 g/mol. The van der Waals surface area contributed by atoms with E-state index in [1.54, 1.807) is 54.9 Å². The highest BCUT2D eigenvalue weighted by Crippen LogP contribution is 2.41. The van der Waals surface area contributed by atoms with Gasteiger partial charge in [-0.15, -0.1) is 0 Å². The van der Waals surface area contributed by atoms with E-state index in [9.17, 15) is 19.1 Å². The SMILES string of the molecule is CC(C)Oc1ccc(/C(O)=C2\C(=O)C(=O)N(Cc3cccnc3)C2c2ccccc2F)cc1. The maximum atomic E-state index is 14.8. The van der Waals surface area contributed by atoms with Crippen molar-refractivity contribution in [2.75, 3.05) is 0 Å². The Morgan fingerprint density at radius 3 is 2.45 bits per heavy atom. The van der Waals surface area contributed by atoms with Gasteiger partial charge in [0.2, 0.25) is 0 Å². The van der Waals surface area contributed by atoms with Gasteiger partial charge in [0.1, 0.15) is 17.3 Å². The predicted octanol–water partition coefficient (Wildman–Crippen LogP) is 4.63. The zero-order valence-corrected chi connectivity index (χ0v) is 18.2. The van der Waals surface area contributed by atoms with Crippen molar-refractivity contribution in [3.63, 3.8) is 0 Å². The minimum Gasteiger partial charge on any atom is -0.507 e. The van der Waals surface area contributed by atoms with Gasteiger partial charge in [0, 0.05) is 30.1 Å². The number of ketones is 1. The summed E-state index contributed by atoms with van der Waals surface area (Å²) in [6, 6.07) is 14.8. The molecule has 0 aliphatic carbocycles. The minimum atomic E-state index is -1.09. The number of amides is 1. The summed E-state index contributed by atoms with van der Waals surface area (Å²) in [4.78, 5) is 31.4. The minimum absolute atomic E-state index is 0.0247. The first-order valence-corrected chi connectivity index (χ1v) is 10.6. The molecule has 1 aliphatic heterocycles. The van der Waals surface area contributed by atoms with Crippen molar-refractivity contribution >= 4 is 17.4 Å². The van der Waals surface area contributed by atoms with Crippen molar-refractivity contribution < 1.29 is 23.8 Å². The highest BCUT2D eigenvalue weighted by Gasteiger charge is 2.46. The van der Waals surface area contributed by atoms with Crippen LogP contribution in [-0.4, -0.2) is 32.8 Å². The normalized spacial score (nSPS) is 17.6. The number of aliphatic hydroxyl groups excluding tert-OH is 1. The van der Waals surface area contributed by atoms with E-state index < -0.39 is 23.5 Å². The molecule has 1 unspecified atom stereocenters. The van der Waals surface area contributed by atoms with E-state index in [2.05, 4.69) is 4.98 Å². The van der Waals surface area contributed by atoms with Gasteiger partial charge in [-0.05, 0) is 55.8 Å². The first-order chi connectivity index (χ1) is 15.9. The Hall–Kier alpha value is -4.00. The fraction of sp³-hybridized carbons (Fsp3) is 0.192. The maximum Gasteiger partial charge on any atom is 0.295 e. The van der Waals surface area contributed by atoms with Crippen LogP contribution in [0.25, 0.3) is 5.76 Å². The Bertz CT molecular complexity index is 1210. The zero-order chi connectivity index (χ0) is 23.5. The lowest BCUT2D eigenvalue weighted by Crippen LogP contribution is -2.29. The van der Waals surface area contributed by atoms with Gasteiger partial charge >= 0.3 is 0 Å². The van der Waals surface area contributed by atoms with E-state index in [0.717, 1.165) is 0 Å². The summed E-state index contributed by atoms with van der Waals surface area (Å²) in [5.41, 5.74) is 0.969. The molecule has 3 aromatic rings. The topological polar surface area (TPSA) is 79.7 Å². The molecule has 4 rings (SSSR count). The number of carbonyl (C=O) groups excluding carboxylic acids is 2. The number of nitrogens with zero attached hydrogens (tertiary/aromatic N) is 2. The molecule has 1 amide bonds. The first-order valence-electron chi connectivity index (χ1n) is 10.6. The summed E-state index contributed by atoms with van der Waals surface area (Å²) in [5.74, 6) is -2.02. The van der Waals surface area contributed by atoms with E-state index in [-0.39, 0.29) is 29.5 Å². The zero-order valence-electron chi connectivity index (χ0n) is 18.2. The second kappa shape index (κ2) is 9.24. The van der Waals surface area contributed by atoms with Crippen molar-refractivity contribution in [2.45, 2.75) is 32.5 Å². The Morgan fingerprint density at radius 1 is 1.09 bits per heavy atom. The van der Waals surface area contributed by atoms with Crippen LogP contribution in [0.1, 0.15) is 36.6 Å². The number of ether oxygens (including phenoxy) is 1. The summed E-state index contributed by atoms with van der Waals surface area (Å²) in [6.07, 6.45) is 3.15. The number of aromatic nitrogens is 1. The predicted molar refractivity (Wildman–Crippen MR) is 121 cm³/mol. The van der Waals surface area contributed by atoms with Crippen molar-refractivity contribution in [3.05, 3.63) is 101 Å². The summed E-state index contributed by atoms with van der Waals surface area (Å²) >= 11 is 0. The van der Waals surface area contributed by atoms with Crippen LogP contribution in [0.2, 0.25) is 0 Å². The summed E-state index contributed by atoms with van der Waals surface area (Å²) in [7, 11) is 0. The van der Waals surface area contributed by atoms with Crippen molar-refractivity contribution in [1.29, 1.82) is 0 Å².